The second-order valence-electron chi connectivity index (χ2n) is 5.93. The number of anilines is 1. The van der Waals surface area contributed by atoms with E-state index >= 15 is 0 Å². The first kappa shape index (κ1) is 17.8. The van der Waals surface area contributed by atoms with E-state index in [1.54, 1.807) is 11.3 Å². The van der Waals surface area contributed by atoms with Gasteiger partial charge in [-0.3, -0.25) is 4.90 Å². The Morgan fingerprint density at radius 3 is 2.76 bits per heavy atom. The van der Waals surface area contributed by atoms with Crippen LogP contribution in [0.2, 0.25) is 0 Å². The van der Waals surface area contributed by atoms with Gasteiger partial charge in [0.25, 0.3) is 0 Å². The minimum Gasteiger partial charge on any atom is -0.492 e. The Balaban J connectivity index is 1.56. The van der Waals surface area contributed by atoms with E-state index in [1.807, 2.05) is 19.1 Å². The molecule has 132 valence electrons. The molecule has 4 nitrogen and oxygen atoms in total. The molecule has 0 spiro atoms. The summed E-state index contributed by atoms with van der Waals surface area (Å²) >= 11 is 1.74. The van der Waals surface area contributed by atoms with Crippen LogP contribution < -0.4 is 9.64 Å². The van der Waals surface area contributed by atoms with Gasteiger partial charge in [0, 0.05) is 48.5 Å². The molecule has 1 aliphatic rings. The van der Waals surface area contributed by atoms with Crippen molar-refractivity contribution in [3.63, 3.8) is 0 Å². The van der Waals surface area contributed by atoms with Crippen LogP contribution >= 0.6 is 11.3 Å². The average Bonchev–Trinajstić information content (AvgIpc) is 3.09. The van der Waals surface area contributed by atoms with Crippen LogP contribution in [0.25, 0.3) is 0 Å². The molecule has 0 aliphatic carbocycles. The second-order valence-corrected chi connectivity index (χ2v) is 6.92. The minimum atomic E-state index is -0.0869. The molecule has 1 aromatic heterocycles. The van der Waals surface area contributed by atoms with Crippen molar-refractivity contribution in [3.05, 3.63) is 46.2 Å². The van der Waals surface area contributed by atoms with Crippen LogP contribution in [0.3, 0.4) is 0 Å². The highest BCUT2D eigenvalue weighted by atomic mass is 32.1. The summed E-state index contributed by atoms with van der Waals surface area (Å²) in [5.74, 6) is 6.65. The van der Waals surface area contributed by atoms with Crippen molar-refractivity contribution in [3.8, 4) is 17.6 Å². The zero-order valence-corrected chi connectivity index (χ0v) is 15.4. The third kappa shape index (κ3) is 4.76. The van der Waals surface area contributed by atoms with Crippen LogP contribution in [-0.2, 0) is 6.54 Å². The molecule has 25 heavy (non-hydrogen) atoms. The van der Waals surface area contributed by atoms with E-state index < -0.39 is 0 Å². The summed E-state index contributed by atoms with van der Waals surface area (Å²) in [6, 6.07) is 10.4. The SMILES string of the molecule is CCOc1ccccc1N1CCN(Cc2cc(C#CCO)cs2)CC1. The van der Waals surface area contributed by atoms with Gasteiger partial charge in [-0.1, -0.05) is 24.0 Å². The molecule has 0 bridgehead atoms. The first-order valence-corrected chi connectivity index (χ1v) is 9.54. The molecule has 0 amide bonds. The molecular formula is C20H24N2O2S. The van der Waals surface area contributed by atoms with Crippen LogP contribution in [0.4, 0.5) is 5.69 Å². The Labute approximate surface area is 153 Å². The lowest BCUT2D eigenvalue weighted by Crippen LogP contribution is -2.46. The van der Waals surface area contributed by atoms with Crippen LogP contribution in [0, 0.1) is 11.8 Å². The third-order valence-corrected chi connectivity index (χ3v) is 5.14. The van der Waals surface area contributed by atoms with E-state index in [2.05, 4.69) is 45.2 Å². The lowest BCUT2D eigenvalue weighted by atomic mass is 10.2. The van der Waals surface area contributed by atoms with Crippen molar-refractivity contribution in [2.75, 3.05) is 44.3 Å². The highest BCUT2D eigenvalue weighted by molar-refractivity contribution is 7.10. The Morgan fingerprint density at radius 1 is 1.20 bits per heavy atom. The molecular weight excluding hydrogens is 332 g/mol. The van der Waals surface area contributed by atoms with Crippen LogP contribution in [-0.4, -0.2) is 49.4 Å². The van der Waals surface area contributed by atoms with Gasteiger partial charge < -0.3 is 14.7 Å². The third-order valence-electron chi connectivity index (χ3n) is 4.22. The molecule has 1 aliphatic heterocycles. The summed E-state index contributed by atoms with van der Waals surface area (Å²) in [6.07, 6.45) is 0. The summed E-state index contributed by atoms with van der Waals surface area (Å²) in [4.78, 5) is 6.22. The Morgan fingerprint density at radius 2 is 2.00 bits per heavy atom. The fourth-order valence-electron chi connectivity index (χ4n) is 3.03. The first-order valence-electron chi connectivity index (χ1n) is 8.66. The van der Waals surface area contributed by atoms with E-state index in [9.17, 15) is 0 Å². The van der Waals surface area contributed by atoms with Crippen molar-refractivity contribution in [1.29, 1.82) is 0 Å². The predicted molar refractivity (Wildman–Crippen MR) is 103 cm³/mol. The predicted octanol–water partition coefficient (Wildman–Crippen LogP) is 2.81. The molecule has 2 aromatic rings. The number of piperazine rings is 1. The van der Waals surface area contributed by atoms with Crippen molar-refractivity contribution in [2.45, 2.75) is 13.5 Å². The summed E-state index contributed by atoms with van der Waals surface area (Å²) in [5, 5.41) is 10.8. The molecule has 0 saturated carbocycles. The fraction of sp³-hybridized carbons (Fsp3) is 0.400. The van der Waals surface area contributed by atoms with Crippen LogP contribution in [0.5, 0.6) is 5.75 Å². The van der Waals surface area contributed by atoms with Gasteiger partial charge in [0.2, 0.25) is 0 Å². The summed E-state index contributed by atoms with van der Waals surface area (Å²) in [6.45, 7) is 7.68. The van der Waals surface area contributed by atoms with Gasteiger partial charge in [-0.05, 0) is 25.1 Å². The normalized spacial score (nSPS) is 14.9. The lowest BCUT2D eigenvalue weighted by Gasteiger charge is -2.36. The largest absolute Gasteiger partial charge is 0.492 e. The molecule has 1 saturated heterocycles. The summed E-state index contributed by atoms with van der Waals surface area (Å²) in [7, 11) is 0. The monoisotopic (exact) mass is 356 g/mol. The molecule has 1 N–H and O–H groups in total. The summed E-state index contributed by atoms with van der Waals surface area (Å²) < 4.78 is 5.76. The zero-order valence-electron chi connectivity index (χ0n) is 14.6. The zero-order chi connectivity index (χ0) is 17.5. The Hall–Kier alpha value is -2.00. The number of ether oxygens (including phenoxy) is 1. The maximum atomic E-state index is 8.78. The molecule has 3 rings (SSSR count). The van der Waals surface area contributed by atoms with Crippen molar-refractivity contribution in [2.24, 2.45) is 0 Å². The quantitative estimate of drug-likeness (QED) is 0.836. The first-order chi connectivity index (χ1) is 12.3. The van der Waals surface area contributed by atoms with Crippen LogP contribution in [0.1, 0.15) is 17.4 Å². The van der Waals surface area contributed by atoms with Gasteiger partial charge >= 0.3 is 0 Å². The Bertz CT molecular complexity index is 739. The number of nitrogens with zero attached hydrogens (tertiary/aromatic N) is 2. The number of benzene rings is 1. The maximum absolute atomic E-state index is 8.78. The summed E-state index contributed by atoms with van der Waals surface area (Å²) in [5.41, 5.74) is 2.19. The number of aliphatic hydroxyl groups excluding tert-OH is 1. The molecule has 0 atom stereocenters. The number of hydrogen-bond acceptors (Lipinski definition) is 5. The van der Waals surface area contributed by atoms with Gasteiger partial charge in [-0.15, -0.1) is 11.3 Å². The molecule has 0 radical (unpaired) electrons. The maximum Gasteiger partial charge on any atom is 0.142 e. The fourth-order valence-corrected chi connectivity index (χ4v) is 3.89. The molecule has 5 heteroatoms. The van der Waals surface area contributed by atoms with Gasteiger partial charge in [-0.2, -0.15) is 0 Å². The van der Waals surface area contributed by atoms with E-state index in [0.29, 0.717) is 6.61 Å². The number of para-hydroxylation sites is 2. The van der Waals surface area contributed by atoms with Crippen LogP contribution in [0.15, 0.2) is 35.7 Å². The van der Waals surface area contributed by atoms with Crippen molar-refractivity contribution in [1.82, 2.24) is 4.90 Å². The van der Waals surface area contributed by atoms with Crippen molar-refractivity contribution < 1.29 is 9.84 Å². The number of hydrogen-bond donors (Lipinski definition) is 1. The average molecular weight is 356 g/mol. The number of rotatable bonds is 5. The molecule has 1 aromatic carbocycles. The van der Waals surface area contributed by atoms with E-state index in [1.165, 1.54) is 10.6 Å². The van der Waals surface area contributed by atoms with E-state index in [4.69, 9.17) is 9.84 Å². The number of aliphatic hydroxyl groups is 1. The smallest absolute Gasteiger partial charge is 0.142 e. The lowest BCUT2D eigenvalue weighted by molar-refractivity contribution is 0.250. The van der Waals surface area contributed by atoms with Gasteiger partial charge in [0.1, 0.15) is 12.4 Å². The molecule has 2 heterocycles. The second kappa shape index (κ2) is 8.91. The highest BCUT2D eigenvalue weighted by Gasteiger charge is 2.20. The minimum absolute atomic E-state index is 0.0869. The van der Waals surface area contributed by atoms with Gasteiger partial charge in [-0.25, -0.2) is 0 Å². The van der Waals surface area contributed by atoms with E-state index in [0.717, 1.165) is 44.0 Å². The molecule has 1 fully saturated rings. The van der Waals surface area contributed by atoms with Crippen molar-refractivity contribution >= 4 is 17.0 Å². The van der Waals surface area contributed by atoms with E-state index in [-0.39, 0.29) is 6.61 Å². The molecule has 0 unspecified atom stereocenters. The van der Waals surface area contributed by atoms with Gasteiger partial charge in [0.15, 0.2) is 0 Å². The number of thiophene rings is 1. The standard InChI is InChI=1S/C20H24N2O2S/c1-2-24-20-8-4-3-7-19(20)22-11-9-21(10-12-22)15-18-14-17(16-25-18)6-5-13-23/h3-4,7-8,14,16,23H,2,9-13,15H2,1H3. The van der Waals surface area contributed by atoms with Gasteiger partial charge in [0.05, 0.1) is 12.3 Å². The topological polar surface area (TPSA) is 35.9 Å². The highest BCUT2D eigenvalue weighted by Crippen LogP contribution is 2.29. The Kier molecular flexibility index (Phi) is 6.35.